The molecular weight excluding hydrogens is 308 g/mol. The molecule has 5 heteroatoms. The van der Waals surface area contributed by atoms with E-state index in [1.165, 1.54) is 18.3 Å². The van der Waals surface area contributed by atoms with Crippen molar-refractivity contribution < 1.29 is 9.59 Å². The van der Waals surface area contributed by atoms with Crippen molar-refractivity contribution in [3.63, 3.8) is 0 Å². The average Bonchev–Trinajstić information content (AvgIpc) is 3.06. The topological polar surface area (TPSA) is 59.1 Å². The molecule has 23 heavy (non-hydrogen) atoms. The number of anilines is 1. The van der Waals surface area contributed by atoms with Gasteiger partial charge in [-0.1, -0.05) is 42.5 Å². The Morgan fingerprint density at radius 3 is 2.43 bits per heavy atom. The first-order chi connectivity index (χ1) is 11.1. The van der Waals surface area contributed by atoms with Crippen LogP contribution in [0, 0.1) is 0 Å². The second-order valence-corrected chi connectivity index (χ2v) is 5.82. The third-order valence-electron chi connectivity index (χ3n) is 3.31. The Kier molecular flexibility index (Phi) is 4.30. The quantitative estimate of drug-likeness (QED) is 0.730. The van der Waals surface area contributed by atoms with Gasteiger partial charge in [0.2, 0.25) is 0 Å². The van der Waals surface area contributed by atoms with E-state index in [1.807, 2.05) is 30.3 Å². The number of aromatic nitrogens is 1. The van der Waals surface area contributed by atoms with E-state index < -0.39 is 0 Å². The number of carbonyl (C=O) groups excluding carboxylic acids is 2. The summed E-state index contributed by atoms with van der Waals surface area (Å²) in [5, 5.41) is 5.26. The van der Waals surface area contributed by atoms with Crippen molar-refractivity contribution in [2.24, 2.45) is 0 Å². The maximum atomic E-state index is 12.4. The minimum atomic E-state index is -0.322. The Bertz CT molecular complexity index is 856. The van der Waals surface area contributed by atoms with Crippen LogP contribution in [-0.2, 0) is 0 Å². The number of benzene rings is 2. The van der Waals surface area contributed by atoms with Gasteiger partial charge in [0.15, 0.2) is 5.78 Å². The zero-order chi connectivity index (χ0) is 16.2. The third kappa shape index (κ3) is 3.35. The Labute approximate surface area is 137 Å². The summed E-state index contributed by atoms with van der Waals surface area (Å²) < 4.78 is 0. The third-order valence-corrected chi connectivity index (χ3v) is 4.20. The normalized spacial score (nSPS) is 10.3. The molecule has 2 aromatic carbocycles. The predicted octanol–water partition coefficient (Wildman–Crippen LogP) is 4.27. The number of hydrogen-bond acceptors (Lipinski definition) is 4. The minimum Gasteiger partial charge on any atom is -0.320 e. The van der Waals surface area contributed by atoms with Gasteiger partial charge in [0.1, 0.15) is 10.7 Å². The Hall–Kier alpha value is -2.79. The lowest BCUT2D eigenvalue weighted by Crippen LogP contribution is -2.14. The van der Waals surface area contributed by atoms with Gasteiger partial charge in [0.05, 0.1) is 5.69 Å². The summed E-state index contributed by atoms with van der Waals surface area (Å²) in [5.41, 5.74) is 2.30. The molecule has 0 saturated heterocycles. The van der Waals surface area contributed by atoms with E-state index in [0.29, 0.717) is 16.9 Å². The number of thiazole rings is 1. The molecule has 0 unspecified atom stereocenters. The average molecular weight is 322 g/mol. The molecule has 1 N–H and O–H groups in total. The van der Waals surface area contributed by atoms with E-state index in [0.717, 1.165) is 10.6 Å². The summed E-state index contributed by atoms with van der Waals surface area (Å²) in [4.78, 5) is 28.3. The molecule has 1 heterocycles. The number of rotatable bonds is 4. The number of para-hydroxylation sites is 1. The molecule has 3 aromatic rings. The van der Waals surface area contributed by atoms with Crippen LogP contribution in [0.1, 0.15) is 27.8 Å². The van der Waals surface area contributed by atoms with Gasteiger partial charge in [0, 0.05) is 16.5 Å². The number of ketones is 1. The SMILES string of the molecule is CC(=O)c1ccccc1NC(=O)c1csc(-c2ccccc2)n1. The molecule has 0 aliphatic rings. The lowest BCUT2D eigenvalue weighted by Gasteiger charge is -2.07. The Morgan fingerprint density at radius 2 is 1.70 bits per heavy atom. The van der Waals surface area contributed by atoms with Crippen LogP contribution in [0.3, 0.4) is 0 Å². The largest absolute Gasteiger partial charge is 0.320 e. The van der Waals surface area contributed by atoms with Gasteiger partial charge in [-0.3, -0.25) is 9.59 Å². The number of nitrogens with one attached hydrogen (secondary N) is 1. The number of amides is 1. The molecule has 0 aliphatic carbocycles. The number of Topliss-reactive ketones (excluding diaryl/α,β-unsaturated/α-hetero) is 1. The molecule has 0 atom stereocenters. The van der Waals surface area contributed by atoms with Crippen molar-refractivity contribution >= 4 is 28.7 Å². The predicted molar refractivity (Wildman–Crippen MR) is 91.9 cm³/mol. The summed E-state index contributed by atoms with van der Waals surface area (Å²) in [6.07, 6.45) is 0. The van der Waals surface area contributed by atoms with Gasteiger partial charge in [-0.05, 0) is 19.1 Å². The Morgan fingerprint density at radius 1 is 1.00 bits per heavy atom. The van der Waals surface area contributed by atoms with Gasteiger partial charge in [-0.2, -0.15) is 0 Å². The van der Waals surface area contributed by atoms with Crippen LogP contribution in [0.4, 0.5) is 5.69 Å². The van der Waals surface area contributed by atoms with Gasteiger partial charge in [-0.25, -0.2) is 4.98 Å². The second-order valence-electron chi connectivity index (χ2n) is 4.96. The first-order valence-electron chi connectivity index (χ1n) is 7.07. The summed E-state index contributed by atoms with van der Waals surface area (Å²) >= 11 is 1.41. The van der Waals surface area contributed by atoms with E-state index in [-0.39, 0.29) is 11.7 Å². The van der Waals surface area contributed by atoms with Crippen LogP contribution < -0.4 is 5.32 Å². The minimum absolute atomic E-state index is 0.0934. The summed E-state index contributed by atoms with van der Waals surface area (Å²) in [7, 11) is 0. The van der Waals surface area contributed by atoms with E-state index >= 15 is 0 Å². The standard InChI is InChI=1S/C18H14N2O2S/c1-12(21)14-9-5-6-10-15(14)19-17(22)16-11-23-18(20-16)13-7-3-2-4-8-13/h2-11H,1H3,(H,19,22). The van der Waals surface area contributed by atoms with Crippen molar-refractivity contribution in [1.29, 1.82) is 0 Å². The molecule has 0 fully saturated rings. The molecule has 0 spiro atoms. The molecule has 0 saturated carbocycles. The van der Waals surface area contributed by atoms with Crippen LogP contribution in [0.5, 0.6) is 0 Å². The fraction of sp³-hybridized carbons (Fsp3) is 0.0556. The first-order valence-corrected chi connectivity index (χ1v) is 7.95. The fourth-order valence-corrected chi connectivity index (χ4v) is 2.98. The summed E-state index contributed by atoms with van der Waals surface area (Å²) in [6.45, 7) is 1.47. The van der Waals surface area contributed by atoms with Gasteiger partial charge in [-0.15, -0.1) is 11.3 Å². The van der Waals surface area contributed by atoms with E-state index in [9.17, 15) is 9.59 Å². The molecular formula is C18H14N2O2S. The highest BCUT2D eigenvalue weighted by molar-refractivity contribution is 7.13. The van der Waals surface area contributed by atoms with E-state index in [4.69, 9.17) is 0 Å². The summed E-state index contributed by atoms with van der Waals surface area (Å²) in [6, 6.07) is 16.6. The van der Waals surface area contributed by atoms with Crippen molar-refractivity contribution in [3.8, 4) is 10.6 Å². The fourth-order valence-electron chi connectivity index (χ4n) is 2.18. The maximum Gasteiger partial charge on any atom is 0.275 e. The smallest absolute Gasteiger partial charge is 0.275 e. The monoisotopic (exact) mass is 322 g/mol. The number of nitrogens with zero attached hydrogens (tertiary/aromatic N) is 1. The highest BCUT2D eigenvalue weighted by atomic mass is 32.1. The molecule has 0 aliphatic heterocycles. The van der Waals surface area contributed by atoms with Crippen LogP contribution in [0.25, 0.3) is 10.6 Å². The van der Waals surface area contributed by atoms with Crippen molar-refractivity contribution in [2.75, 3.05) is 5.32 Å². The highest BCUT2D eigenvalue weighted by Crippen LogP contribution is 2.24. The molecule has 4 nitrogen and oxygen atoms in total. The molecule has 1 aromatic heterocycles. The molecule has 114 valence electrons. The van der Waals surface area contributed by atoms with Crippen LogP contribution in [-0.4, -0.2) is 16.7 Å². The zero-order valence-corrected chi connectivity index (χ0v) is 13.3. The highest BCUT2D eigenvalue weighted by Gasteiger charge is 2.14. The molecule has 0 bridgehead atoms. The van der Waals surface area contributed by atoms with Crippen LogP contribution in [0.15, 0.2) is 60.0 Å². The molecule has 3 rings (SSSR count). The number of hydrogen-bond donors (Lipinski definition) is 1. The maximum absolute atomic E-state index is 12.4. The van der Waals surface area contributed by atoms with Crippen LogP contribution >= 0.6 is 11.3 Å². The van der Waals surface area contributed by atoms with Gasteiger partial charge in [0.25, 0.3) is 5.91 Å². The van der Waals surface area contributed by atoms with E-state index in [1.54, 1.807) is 29.6 Å². The molecule has 1 amide bonds. The second kappa shape index (κ2) is 6.54. The van der Waals surface area contributed by atoms with Gasteiger partial charge >= 0.3 is 0 Å². The zero-order valence-electron chi connectivity index (χ0n) is 12.4. The Balaban J connectivity index is 1.83. The van der Waals surface area contributed by atoms with Crippen LogP contribution in [0.2, 0.25) is 0 Å². The van der Waals surface area contributed by atoms with E-state index in [2.05, 4.69) is 10.3 Å². The molecule has 0 radical (unpaired) electrons. The summed E-state index contributed by atoms with van der Waals surface area (Å²) in [5.74, 6) is -0.415. The van der Waals surface area contributed by atoms with Gasteiger partial charge < -0.3 is 5.32 Å². The first kappa shape index (κ1) is 15.1. The van der Waals surface area contributed by atoms with Crippen molar-refractivity contribution in [1.82, 2.24) is 4.98 Å². The van der Waals surface area contributed by atoms with Crippen molar-refractivity contribution in [2.45, 2.75) is 6.92 Å². The lowest BCUT2D eigenvalue weighted by molar-refractivity contribution is 0.101. The van der Waals surface area contributed by atoms with Crippen molar-refractivity contribution in [3.05, 3.63) is 71.2 Å². The number of carbonyl (C=O) groups is 2. The lowest BCUT2D eigenvalue weighted by atomic mass is 10.1.